The quantitative estimate of drug-likeness (QED) is 0.819. The zero-order valence-electron chi connectivity index (χ0n) is 10.0. The molecule has 2 aliphatic rings. The zero-order valence-corrected chi connectivity index (χ0v) is 10.0. The third-order valence-corrected chi connectivity index (χ3v) is 3.25. The van der Waals surface area contributed by atoms with E-state index in [9.17, 15) is 4.79 Å². The molecular formula is C11H16N4O3. The Morgan fingerprint density at radius 1 is 1.33 bits per heavy atom. The summed E-state index contributed by atoms with van der Waals surface area (Å²) in [6.45, 7) is 1.60. The fraction of sp³-hybridized carbons (Fsp3) is 0.727. The highest BCUT2D eigenvalue weighted by Gasteiger charge is 2.26. The predicted octanol–water partition coefficient (Wildman–Crippen LogP) is 0.612. The summed E-state index contributed by atoms with van der Waals surface area (Å²) >= 11 is 0. The molecule has 0 aromatic carbocycles. The lowest BCUT2D eigenvalue weighted by atomic mass is 10.2. The summed E-state index contributed by atoms with van der Waals surface area (Å²) in [7, 11) is 0. The van der Waals surface area contributed by atoms with Crippen LogP contribution in [0.5, 0.6) is 0 Å². The fourth-order valence-corrected chi connectivity index (χ4v) is 2.29. The second kappa shape index (κ2) is 5.03. The summed E-state index contributed by atoms with van der Waals surface area (Å²) in [6, 6.07) is 0.269. The summed E-state index contributed by atoms with van der Waals surface area (Å²) < 4.78 is 10.7. The van der Waals surface area contributed by atoms with Crippen molar-refractivity contribution in [2.24, 2.45) is 0 Å². The number of hydrogen-bond donors (Lipinski definition) is 2. The summed E-state index contributed by atoms with van der Waals surface area (Å²) in [4.78, 5) is 11.8. The van der Waals surface area contributed by atoms with Crippen LogP contribution in [0.1, 0.15) is 37.6 Å². The molecular weight excluding hydrogens is 236 g/mol. The lowest BCUT2D eigenvalue weighted by Crippen LogP contribution is -2.26. The Bertz CT molecular complexity index is 422. The first-order valence-corrected chi connectivity index (χ1v) is 6.32. The first-order valence-electron chi connectivity index (χ1n) is 6.32. The van der Waals surface area contributed by atoms with Crippen molar-refractivity contribution in [3.8, 4) is 0 Å². The van der Waals surface area contributed by atoms with Gasteiger partial charge >= 0.3 is 6.01 Å². The number of hydrogen-bond acceptors (Lipinski definition) is 6. The fourth-order valence-electron chi connectivity index (χ4n) is 2.29. The van der Waals surface area contributed by atoms with E-state index in [1.807, 2.05) is 0 Å². The molecule has 7 nitrogen and oxygen atoms in total. The van der Waals surface area contributed by atoms with Crippen LogP contribution in [0.3, 0.4) is 0 Å². The number of amides is 1. The Balaban J connectivity index is 1.60. The van der Waals surface area contributed by atoms with Gasteiger partial charge in [0.15, 0.2) is 0 Å². The summed E-state index contributed by atoms with van der Waals surface area (Å²) in [5, 5.41) is 13.6. The number of ether oxygens (including phenoxy) is 1. The molecule has 1 aromatic rings. The van der Waals surface area contributed by atoms with Gasteiger partial charge in [-0.15, -0.1) is 5.10 Å². The van der Waals surface area contributed by atoms with E-state index in [2.05, 4.69) is 20.8 Å². The standard InChI is InChI=1S/C11H16N4O3/c16-9(8-4-2-6-17-8)13-11-15-14-10(18-11)7-3-1-5-12-7/h7-8,12H,1-6H2,(H,13,15,16)/t7?,8-/m0/s1. The van der Waals surface area contributed by atoms with Crippen LogP contribution >= 0.6 is 0 Å². The number of nitrogens with one attached hydrogen (secondary N) is 2. The van der Waals surface area contributed by atoms with Crippen molar-refractivity contribution >= 4 is 11.9 Å². The van der Waals surface area contributed by atoms with E-state index in [-0.39, 0.29) is 24.1 Å². The molecule has 2 saturated heterocycles. The first-order chi connectivity index (χ1) is 8.83. The van der Waals surface area contributed by atoms with Crippen molar-refractivity contribution in [3.63, 3.8) is 0 Å². The van der Waals surface area contributed by atoms with Crippen molar-refractivity contribution in [1.82, 2.24) is 15.5 Å². The predicted molar refractivity (Wildman–Crippen MR) is 61.9 cm³/mol. The molecule has 2 atom stereocenters. The second-order valence-corrected chi connectivity index (χ2v) is 4.59. The number of carbonyl (C=O) groups excluding carboxylic acids is 1. The van der Waals surface area contributed by atoms with E-state index in [1.54, 1.807) is 0 Å². The molecule has 1 unspecified atom stereocenters. The third-order valence-electron chi connectivity index (χ3n) is 3.25. The van der Waals surface area contributed by atoms with Crippen molar-refractivity contribution < 1.29 is 13.9 Å². The Labute approximate surface area is 104 Å². The minimum absolute atomic E-state index is 0.117. The van der Waals surface area contributed by atoms with Gasteiger partial charge in [-0.2, -0.15) is 0 Å². The summed E-state index contributed by atoms with van der Waals surface area (Å²) in [5.41, 5.74) is 0. The van der Waals surface area contributed by atoms with Crippen LogP contribution in [0.4, 0.5) is 6.01 Å². The normalized spacial score (nSPS) is 27.6. The van der Waals surface area contributed by atoms with E-state index >= 15 is 0 Å². The third kappa shape index (κ3) is 2.37. The highest BCUT2D eigenvalue weighted by atomic mass is 16.5. The molecule has 3 heterocycles. The molecule has 0 saturated carbocycles. The number of rotatable bonds is 3. The molecule has 18 heavy (non-hydrogen) atoms. The maximum absolute atomic E-state index is 11.8. The lowest BCUT2D eigenvalue weighted by Gasteiger charge is -2.07. The van der Waals surface area contributed by atoms with Gasteiger partial charge in [-0.3, -0.25) is 10.1 Å². The molecule has 0 bridgehead atoms. The molecule has 2 fully saturated rings. The van der Waals surface area contributed by atoms with E-state index in [4.69, 9.17) is 9.15 Å². The molecule has 2 N–H and O–H groups in total. The average molecular weight is 252 g/mol. The molecule has 2 aliphatic heterocycles. The Hall–Kier alpha value is -1.47. The minimum Gasteiger partial charge on any atom is -0.406 e. The largest absolute Gasteiger partial charge is 0.406 e. The van der Waals surface area contributed by atoms with E-state index < -0.39 is 0 Å². The maximum Gasteiger partial charge on any atom is 0.322 e. The Kier molecular flexibility index (Phi) is 3.24. The van der Waals surface area contributed by atoms with Crippen molar-refractivity contribution in [2.45, 2.75) is 37.8 Å². The number of nitrogens with zero attached hydrogens (tertiary/aromatic N) is 2. The van der Waals surface area contributed by atoms with Gasteiger partial charge in [0, 0.05) is 6.61 Å². The van der Waals surface area contributed by atoms with Gasteiger partial charge in [0.25, 0.3) is 5.91 Å². The topological polar surface area (TPSA) is 89.3 Å². The van der Waals surface area contributed by atoms with Gasteiger partial charge in [-0.25, -0.2) is 0 Å². The molecule has 1 aromatic heterocycles. The van der Waals surface area contributed by atoms with E-state index in [0.29, 0.717) is 12.5 Å². The monoisotopic (exact) mass is 252 g/mol. The van der Waals surface area contributed by atoms with Crippen LogP contribution in [0.15, 0.2) is 4.42 Å². The highest BCUT2D eigenvalue weighted by molar-refractivity contribution is 5.92. The van der Waals surface area contributed by atoms with Gasteiger partial charge in [0.05, 0.1) is 6.04 Å². The van der Waals surface area contributed by atoms with Gasteiger partial charge in [-0.05, 0) is 32.2 Å². The van der Waals surface area contributed by atoms with Crippen LogP contribution in [0.2, 0.25) is 0 Å². The number of anilines is 1. The molecule has 1 amide bonds. The smallest absolute Gasteiger partial charge is 0.322 e. The number of carbonyl (C=O) groups is 1. The summed E-state index contributed by atoms with van der Waals surface area (Å²) in [6.07, 6.45) is 3.37. The maximum atomic E-state index is 11.8. The van der Waals surface area contributed by atoms with Crippen LogP contribution in [-0.4, -0.2) is 35.4 Å². The Morgan fingerprint density at radius 2 is 2.28 bits per heavy atom. The highest BCUT2D eigenvalue weighted by Crippen LogP contribution is 2.23. The molecule has 0 radical (unpaired) electrons. The molecule has 0 aliphatic carbocycles. The zero-order chi connectivity index (χ0) is 12.4. The van der Waals surface area contributed by atoms with Crippen molar-refractivity contribution in [3.05, 3.63) is 5.89 Å². The van der Waals surface area contributed by atoms with Gasteiger partial charge in [0.1, 0.15) is 6.10 Å². The first kappa shape index (κ1) is 11.6. The van der Waals surface area contributed by atoms with Crippen LogP contribution in [0.25, 0.3) is 0 Å². The van der Waals surface area contributed by atoms with Gasteiger partial charge in [0.2, 0.25) is 5.89 Å². The molecule has 98 valence electrons. The van der Waals surface area contributed by atoms with Crippen LogP contribution in [0, 0.1) is 0 Å². The van der Waals surface area contributed by atoms with Gasteiger partial charge in [-0.1, -0.05) is 5.10 Å². The van der Waals surface area contributed by atoms with E-state index in [1.165, 1.54) is 0 Å². The second-order valence-electron chi connectivity index (χ2n) is 4.59. The average Bonchev–Trinajstić information content (AvgIpc) is 3.12. The Morgan fingerprint density at radius 3 is 3.00 bits per heavy atom. The van der Waals surface area contributed by atoms with Crippen molar-refractivity contribution in [2.75, 3.05) is 18.5 Å². The summed E-state index contributed by atoms with van der Waals surface area (Å²) in [5.74, 6) is 0.331. The number of aromatic nitrogens is 2. The lowest BCUT2D eigenvalue weighted by molar-refractivity contribution is -0.124. The van der Waals surface area contributed by atoms with Gasteiger partial charge < -0.3 is 14.5 Å². The van der Waals surface area contributed by atoms with E-state index in [0.717, 1.165) is 32.2 Å². The van der Waals surface area contributed by atoms with Crippen molar-refractivity contribution in [1.29, 1.82) is 0 Å². The minimum atomic E-state index is -0.384. The molecule has 7 heteroatoms. The van der Waals surface area contributed by atoms with Crippen LogP contribution in [-0.2, 0) is 9.53 Å². The molecule has 3 rings (SSSR count). The SMILES string of the molecule is O=C(Nc1nnc(C2CCCN2)o1)[C@@H]1CCCO1. The molecule has 0 spiro atoms. The van der Waals surface area contributed by atoms with Crippen LogP contribution < -0.4 is 10.6 Å².